The van der Waals surface area contributed by atoms with Gasteiger partial charge in [0.15, 0.2) is 0 Å². The summed E-state index contributed by atoms with van der Waals surface area (Å²) in [6, 6.07) is 0. The standard InChI is InChI=1S/C8H14N4O2S/c1-6-10-5-7(4-9)8(11-6)12(2)15(3,13)14/h5H,4,9H2,1-3H3. The van der Waals surface area contributed by atoms with E-state index in [1.54, 1.807) is 13.1 Å². The third kappa shape index (κ3) is 2.63. The Balaban J connectivity index is 3.29. The Morgan fingerprint density at radius 2 is 2.13 bits per heavy atom. The lowest BCUT2D eigenvalue weighted by Gasteiger charge is -2.18. The molecule has 2 N–H and O–H groups in total. The smallest absolute Gasteiger partial charge is 0.233 e. The van der Waals surface area contributed by atoms with Gasteiger partial charge in [0.05, 0.1) is 6.26 Å². The lowest BCUT2D eigenvalue weighted by atomic mass is 10.3. The minimum atomic E-state index is -3.32. The van der Waals surface area contributed by atoms with Crippen molar-refractivity contribution in [3.8, 4) is 0 Å². The van der Waals surface area contributed by atoms with Crippen LogP contribution in [0.2, 0.25) is 0 Å². The van der Waals surface area contributed by atoms with Gasteiger partial charge in [-0.15, -0.1) is 0 Å². The fourth-order valence-electron chi connectivity index (χ4n) is 1.06. The zero-order valence-corrected chi connectivity index (χ0v) is 9.74. The highest BCUT2D eigenvalue weighted by atomic mass is 32.2. The van der Waals surface area contributed by atoms with E-state index in [-0.39, 0.29) is 6.54 Å². The minimum Gasteiger partial charge on any atom is -0.326 e. The maximum atomic E-state index is 11.3. The summed E-state index contributed by atoms with van der Waals surface area (Å²) in [5.41, 5.74) is 6.09. The number of sulfonamides is 1. The number of anilines is 1. The number of hydrogen-bond acceptors (Lipinski definition) is 5. The molecule has 0 radical (unpaired) electrons. The molecule has 1 aromatic rings. The first kappa shape index (κ1) is 11.9. The second-order valence-corrected chi connectivity index (χ2v) is 5.21. The van der Waals surface area contributed by atoms with Crippen molar-refractivity contribution in [2.45, 2.75) is 13.5 Å². The Kier molecular flexibility index (Phi) is 3.25. The Labute approximate surface area is 89.2 Å². The van der Waals surface area contributed by atoms with Crippen LogP contribution < -0.4 is 10.0 Å². The number of hydrogen-bond donors (Lipinski definition) is 1. The number of rotatable bonds is 3. The molecular formula is C8H14N4O2S. The topological polar surface area (TPSA) is 89.2 Å². The average molecular weight is 230 g/mol. The molecule has 7 heteroatoms. The zero-order chi connectivity index (χ0) is 11.6. The summed E-state index contributed by atoms with van der Waals surface area (Å²) >= 11 is 0. The van der Waals surface area contributed by atoms with E-state index in [0.29, 0.717) is 17.2 Å². The van der Waals surface area contributed by atoms with Crippen LogP contribution in [0.3, 0.4) is 0 Å². The first-order valence-electron chi connectivity index (χ1n) is 4.32. The highest BCUT2D eigenvalue weighted by Gasteiger charge is 2.17. The molecule has 0 aromatic carbocycles. The quantitative estimate of drug-likeness (QED) is 0.766. The first-order valence-corrected chi connectivity index (χ1v) is 6.17. The van der Waals surface area contributed by atoms with Crippen LogP contribution in [-0.4, -0.2) is 31.7 Å². The van der Waals surface area contributed by atoms with Crippen molar-refractivity contribution in [1.29, 1.82) is 0 Å². The number of nitrogens with two attached hydrogens (primary N) is 1. The lowest BCUT2D eigenvalue weighted by molar-refractivity contribution is 0.599. The van der Waals surface area contributed by atoms with Gasteiger partial charge in [0.1, 0.15) is 11.6 Å². The van der Waals surface area contributed by atoms with Gasteiger partial charge in [-0.05, 0) is 6.92 Å². The van der Waals surface area contributed by atoms with Crippen LogP contribution in [0, 0.1) is 6.92 Å². The molecule has 15 heavy (non-hydrogen) atoms. The number of nitrogens with zero attached hydrogens (tertiary/aromatic N) is 3. The van der Waals surface area contributed by atoms with Crippen LogP contribution in [0.5, 0.6) is 0 Å². The summed E-state index contributed by atoms with van der Waals surface area (Å²) in [5.74, 6) is 0.852. The van der Waals surface area contributed by atoms with Crippen molar-refractivity contribution >= 4 is 15.8 Å². The highest BCUT2D eigenvalue weighted by Crippen LogP contribution is 2.17. The number of aromatic nitrogens is 2. The van der Waals surface area contributed by atoms with Gasteiger partial charge in [0, 0.05) is 25.4 Å². The van der Waals surface area contributed by atoms with Gasteiger partial charge in [-0.1, -0.05) is 0 Å². The van der Waals surface area contributed by atoms with E-state index >= 15 is 0 Å². The third-order valence-corrected chi connectivity index (χ3v) is 3.15. The molecule has 1 aromatic heterocycles. The van der Waals surface area contributed by atoms with E-state index < -0.39 is 10.0 Å². The molecule has 0 aliphatic carbocycles. The van der Waals surface area contributed by atoms with E-state index in [2.05, 4.69) is 9.97 Å². The van der Waals surface area contributed by atoms with Gasteiger partial charge >= 0.3 is 0 Å². The molecule has 6 nitrogen and oxygen atoms in total. The average Bonchev–Trinajstić information content (AvgIpc) is 2.15. The second-order valence-electron chi connectivity index (χ2n) is 3.20. The van der Waals surface area contributed by atoms with Crippen LogP contribution in [0.25, 0.3) is 0 Å². The summed E-state index contributed by atoms with van der Waals surface area (Å²) < 4.78 is 23.8. The van der Waals surface area contributed by atoms with Crippen LogP contribution in [0.1, 0.15) is 11.4 Å². The summed E-state index contributed by atoms with van der Waals surface area (Å²) in [4.78, 5) is 8.03. The molecule has 0 bridgehead atoms. The summed E-state index contributed by atoms with van der Waals surface area (Å²) in [6.45, 7) is 1.90. The van der Waals surface area contributed by atoms with Crippen molar-refractivity contribution in [3.05, 3.63) is 17.6 Å². The molecule has 0 amide bonds. The van der Waals surface area contributed by atoms with Crippen molar-refractivity contribution in [3.63, 3.8) is 0 Å². The largest absolute Gasteiger partial charge is 0.326 e. The van der Waals surface area contributed by atoms with Crippen LogP contribution in [0.15, 0.2) is 6.20 Å². The molecule has 1 heterocycles. The van der Waals surface area contributed by atoms with Gasteiger partial charge in [-0.3, -0.25) is 4.31 Å². The number of aryl methyl sites for hydroxylation is 1. The summed E-state index contributed by atoms with van der Waals surface area (Å²) in [7, 11) is -1.88. The van der Waals surface area contributed by atoms with Gasteiger partial charge in [-0.25, -0.2) is 18.4 Å². The molecule has 0 aliphatic rings. The normalized spacial score (nSPS) is 11.5. The molecule has 0 unspecified atom stereocenters. The maximum absolute atomic E-state index is 11.3. The van der Waals surface area contributed by atoms with Crippen LogP contribution in [-0.2, 0) is 16.6 Å². The second kappa shape index (κ2) is 4.11. The molecule has 0 saturated carbocycles. The predicted octanol–water partition coefficient (Wildman–Crippen LogP) is -0.360. The Bertz CT molecular complexity index is 458. The van der Waals surface area contributed by atoms with Gasteiger partial charge in [-0.2, -0.15) is 0 Å². The van der Waals surface area contributed by atoms with E-state index in [9.17, 15) is 8.42 Å². The molecule has 0 aliphatic heterocycles. The maximum Gasteiger partial charge on any atom is 0.233 e. The predicted molar refractivity (Wildman–Crippen MR) is 57.9 cm³/mol. The van der Waals surface area contributed by atoms with E-state index in [0.717, 1.165) is 10.6 Å². The van der Waals surface area contributed by atoms with E-state index in [1.165, 1.54) is 7.05 Å². The Morgan fingerprint density at radius 3 is 2.60 bits per heavy atom. The van der Waals surface area contributed by atoms with E-state index in [1.807, 2.05) is 0 Å². The van der Waals surface area contributed by atoms with Crippen molar-refractivity contribution in [1.82, 2.24) is 9.97 Å². The minimum absolute atomic E-state index is 0.204. The molecule has 84 valence electrons. The first-order chi connectivity index (χ1) is 6.86. The van der Waals surface area contributed by atoms with Crippen molar-refractivity contribution in [2.75, 3.05) is 17.6 Å². The Morgan fingerprint density at radius 1 is 1.53 bits per heavy atom. The third-order valence-electron chi connectivity index (χ3n) is 1.98. The fraction of sp³-hybridized carbons (Fsp3) is 0.500. The molecule has 0 fully saturated rings. The molecule has 0 atom stereocenters. The van der Waals surface area contributed by atoms with Crippen LogP contribution in [0.4, 0.5) is 5.82 Å². The van der Waals surface area contributed by atoms with Crippen LogP contribution >= 0.6 is 0 Å². The van der Waals surface area contributed by atoms with Gasteiger partial charge < -0.3 is 5.73 Å². The van der Waals surface area contributed by atoms with Crippen molar-refractivity contribution in [2.24, 2.45) is 5.73 Å². The van der Waals surface area contributed by atoms with Gasteiger partial charge in [0.25, 0.3) is 0 Å². The molecule has 0 spiro atoms. The Hall–Kier alpha value is -1.21. The van der Waals surface area contributed by atoms with Crippen molar-refractivity contribution < 1.29 is 8.42 Å². The van der Waals surface area contributed by atoms with E-state index in [4.69, 9.17) is 5.73 Å². The lowest BCUT2D eigenvalue weighted by Crippen LogP contribution is -2.27. The molecular weight excluding hydrogens is 216 g/mol. The molecule has 0 saturated heterocycles. The fourth-order valence-corrected chi connectivity index (χ4v) is 1.53. The molecule has 1 rings (SSSR count). The highest BCUT2D eigenvalue weighted by molar-refractivity contribution is 7.92. The monoisotopic (exact) mass is 230 g/mol. The zero-order valence-electron chi connectivity index (χ0n) is 8.93. The van der Waals surface area contributed by atoms with Gasteiger partial charge in [0.2, 0.25) is 10.0 Å². The summed E-state index contributed by atoms with van der Waals surface area (Å²) in [5, 5.41) is 0. The SMILES string of the molecule is Cc1ncc(CN)c(N(C)S(C)(=O)=O)n1. The summed E-state index contributed by atoms with van der Waals surface area (Å²) in [6.07, 6.45) is 2.66.